The largest absolute Gasteiger partial charge is 0.295 e. The molecule has 0 saturated carbocycles. The smallest absolute Gasteiger partial charge is 0.137 e. The van der Waals surface area contributed by atoms with Gasteiger partial charge in [-0.05, 0) is 14.3 Å². The van der Waals surface area contributed by atoms with E-state index in [2.05, 4.69) is 16.7 Å². The summed E-state index contributed by atoms with van der Waals surface area (Å²) in [5.41, 5.74) is 0. The summed E-state index contributed by atoms with van der Waals surface area (Å²) >= 11 is 0. The molecule has 4 bridgehead atoms. The van der Waals surface area contributed by atoms with Crippen LogP contribution in [0.1, 0.15) is 13.3 Å². The first-order chi connectivity index (χ1) is 6.30. The van der Waals surface area contributed by atoms with Crippen LogP contribution in [0.5, 0.6) is 0 Å². The summed E-state index contributed by atoms with van der Waals surface area (Å²) in [4.78, 5) is 5.36. The Kier molecular flexibility index (Phi) is 1.92. The van der Waals surface area contributed by atoms with Crippen molar-refractivity contribution in [1.82, 2.24) is 9.80 Å². The molecule has 0 spiro atoms. The average Bonchev–Trinajstić information content (AvgIpc) is 2.00. The quantitative estimate of drug-likeness (QED) is 0.486. The Bertz CT molecular complexity index is 184. The summed E-state index contributed by atoms with van der Waals surface area (Å²) in [6.45, 7) is 7.70. The van der Waals surface area contributed by atoms with E-state index >= 15 is 0 Å². The molecule has 0 amide bonds. The normalized spacial score (nSPS) is 52.8. The van der Waals surface area contributed by atoms with Crippen molar-refractivity contribution in [2.75, 3.05) is 45.4 Å². The van der Waals surface area contributed by atoms with Crippen molar-refractivity contribution in [3.63, 3.8) is 0 Å². The zero-order valence-corrected chi connectivity index (χ0v) is 9.34. The van der Waals surface area contributed by atoms with E-state index in [0.717, 1.165) is 0 Å². The van der Waals surface area contributed by atoms with Crippen LogP contribution < -0.4 is 0 Å². The Morgan fingerprint density at radius 3 is 2.46 bits per heavy atom. The van der Waals surface area contributed by atoms with Crippen LogP contribution in [0.4, 0.5) is 0 Å². The van der Waals surface area contributed by atoms with Gasteiger partial charge in [0.15, 0.2) is 0 Å². The van der Waals surface area contributed by atoms with Gasteiger partial charge in [-0.15, -0.1) is 0 Å². The predicted octanol–water partition coefficient (Wildman–Crippen LogP) is 1.08. The van der Waals surface area contributed by atoms with Crippen LogP contribution >= 0.6 is 7.92 Å². The Morgan fingerprint density at radius 1 is 1.23 bits per heavy atom. The van der Waals surface area contributed by atoms with Gasteiger partial charge in [0, 0.05) is 12.6 Å². The highest BCUT2D eigenvalue weighted by molar-refractivity contribution is 7.57. The van der Waals surface area contributed by atoms with Crippen LogP contribution in [0.2, 0.25) is 0 Å². The molecular formula is C9H19N3P+. The molecule has 0 radical (unpaired) electrons. The van der Waals surface area contributed by atoms with Gasteiger partial charge in [0.25, 0.3) is 0 Å². The second-order valence-electron chi connectivity index (χ2n) is 4.93. The van der Waals surface area contributed by atoms with Gasteiger partial charge in [0.05, 0.1) is 13.2 Å². The van der Waals surface area contributed by atoms with Gasteiger partial charge in [-0.3, -0.25) is 4.48 Å². The molecule has 2 unspecified atom stereocenters. The maximum atomic E-state index is 2.68. The van der Waals surface area contributed by atoms with Gasteiger partial charge in [0.2, 0.25) is 0 Å². The van der Waals surface area contributed by atoms with Gasteiger partial charge >= 0.3 is 0 Å². The molecule has 2 atom stereocenters. The van der Waals surface area contributed by atoms with E-state index < -0.39 is 0 Å². The summed E-state index contributed by atoms with van der Waals surface area (Å²) in [6.07, 6.45) is 5.76. The van der Waals surface area contributed by atoms with Crippen molar-refractivity contribution in [3.8, 4) is 0 Å². The second kappa shape index (κ2) is 2.90. The number of rotatable bonds is 2. The molecule has 0 N–H and O–H groups in total. The first kappa shape index (κ1) is 8.60. The van der Waals surface area contributed by atoms with E-state index in [4.69, 9.17) is 0 Å². The first-order valence-electron chi connectivity index (χ1n) is 5.32. The molecule has 13 heavy (non-hydrogen) atoms. The van der Waals surface area contributed by atoms with E-state index in [0.29, 0.717) is 7.92 Å². The molecule has 0 aromatic rings. The number of nitrogens with zero attached hydrogens (tertiary/aromatic N) is 3. The molecule has 4 saturated heterocycles. The van der Waals surface area contributed by atoms with Crippen molar-refractivity contribution in [1.29, 1.82) is 0 Å². The summed E-state index contributed by atoms with van der Waals surface area (Å²) < 4.78 is 1.40. The Morgan fingerprint density at radius 2 is 1.92 bits per heavy atom. The van der Waals surface area contributed by atoms with Crippen molar-refractivity contribution < 1.29 is 4.48 Å². The summed E-state index contributed by atoms with van der Waals surface area (Å²) in [5, 5.41) is 0. The molecule has 3 nitrogen and oxygen atoms in total. The zero-order chi connectivity index (χ0) is 8.89. The standard InChI is InChI=1S/C9H19N3P/c1-2-3-12-5-10-4-11(6-12)8-13(7-10)9-12/h2-9H2,1H3/q+1. The SMILES string of the molecule is CCC[N+]12CN3CN(CP(C3)C1)C2. The molecule has 0 aromatic heterocycles. The van der Waals surface area contributed by atoms with Gasteiger partial charge in [-0.1, -0.05) is 6.92 Å². The molecule has 4 aliphatic heterocycles. The number of quaternary nitrogens is 1. The van der Waals surface area contributed by atoms with E-state index in [1.807, 2.05) is 0 Å². The highest BCUT2D eigenvalue weighted by Gasteiger charge is 2.48. The highest BCUT2D eigenvalue weighted by atomic mass is 31.1. The van der Waals surface area contributed by atoms with Gasteiger partial charge in [-0.25, -0.2) is 9.80 Å². The third kappa shape index (κ3) is 1.33. The van der Waals surface area contributed by atoms with Crippen molar-refractivity contribution in [2.24, 2.45) is 0 Å². The summed E-state index contributed by atoms with van der Waals surface area (Å²) in [5.74, 6) is 0. The fourth-order valence-corrected chi connectivity index (χ4v) is 6.27. The molecule has 4 rings (SSSR count). The van der Waals surface area contributed by atoms with E-state index in [-0.39, 0.29) is 0 Å². The lowest BCUT2D eigenvalue weighted by molar-refractivity contribution is -0.948. The summed E-state index contributed by atoms with van der Waals surface area (Å²) in [6, 6.07) is 0. The van der Waals surface area contributed by atoms with Gasteiger partial charge < -0.3 is 0 Å². The third-order valence-electron chi connectivity index (χ3n) is 3.40. The minimum absolute atomic E-state index is 0.352. The Balaban J connectivity index is 1.83. The van der Waals surface area contributed by atoms with Crippen LogP contribution in [0, 0.1) is 0 Å². The van der Waals surface area contributed by atoms with Crippen LogP contribution in [0.3, 0.4) is 0 Å². The molecule has 74 valence electrons. The molecule has 4 heterocycles. The number of hydrogen-bond donors (Lipinski definition) is 0. The minimum Gasteiger partial charge on any atom is -0.295 e. The maximum Gasteiger partial charge on any atom is 0.137 e. The fourth-order valence-electron chi connectivity index (χ4n) is 3.34. The van der Waals surface area contributed by atoms with E-state index in [1.54, 1.807) is 0 Å². The monoisotopic (exact) mass is 200 g/mol. The van der Waals surface area contributed by atoms with Crippen molar-refractivity contribution >= 4 is 7.92 Å². The second-order valence-corrected chi connectivity index (χ2v) is 7.12. The predicted molar refractivity (Wildman–Crippen MR) is 55.2 cm³/mol. The molecular weight excluding hydrogens is 181 g/mol. The molecule has 4 fully saturated rings. The molecule has 4 aliphatic rings. The molecule has 0 aromatic carbocycles. The Hall–Kier alpha value is 0.310. The van der Waals surface area contributed by atoms with Gasteiger partial charge in [-0.2, -0.15) is 0 Å². The highest BCUT2D eigenvalue weighted by Crippen LogP contribution is 2.50. The lowest BCUT2D eigenvalue weighted by atomic mass is 10.3. The topological polar surface area (TPSA) is 6.48 Å². The van der Waals surface area contributed by atoms with Crippen molar-refractivity contribution in [3.05, 3.63) is 0 Å². The van der Waals surface area contributed by atoms with Crippen LogP contribution in [0.25, 0.3) is 0 Å². The lowest BCUT2D eigenvalue weighted by Gasteiger charge is -2.59. The lowest BCUT2D eigenvalue weighted by Crippen LogP contribution is -2.71. The van der Waals surface area contributed by atoms with Crippen LogP contribution in [-0.4, -0.2) is 59.7 Å². The zero-order valence-electron chi connectivity index (χ0n) is 8.45. The van der Waals surface area contributed by atoms with Crippen LogP contribution in [0.15, 0.2) is 0 Å². The van der Waals surface area contributed by atoms with Gasteiger partial charge in [0.1, 0.15) is 19.6 Å². The van der Waals surface area contributed by atoms with Crippen LogP contribution in [-0.2, 0) is 0 Å². The van der Waals surface area contributed by atoms with E-state index in [9.17, 15) is 0 Å². The average molecular weight is 200 g/mol. The third-order valence-corrected chi connectivity index (χ3v) is 6.00. The van der Waals surface area contributed by atoms with E-state index in [1.165, 1.54) is 56.3 Å². The maximum absolute atomic E-state index is 2.68. The first-order valence-corrected chi connectivity index (χ1v) is 7.22. The number of hydrogen-bond acceptors (Lipinski definition) is 2. The Labute approximate surface area is 81.6 Å². The summed E-state index contributed by atoms with van der Waals surface area (Å²) in [7, 11) is 0.352. The molecule has 0 aliphatic carbocycles. The fraction of sp³-hybridized carbons (Fsp3) is 1.00. The minimum atomic E-state index is 0.352. The molecule has 4 heteroatoms. The van der Waals surface area contributed by atoms with Crippen molar-refractivity contribution in [2.45, 2.75) is 13.3 Å².